The Bertz CT molecular complexity index is 300. The van der Waals surface area contributed by atoms with Crippen LogP contribution in [0, 0.1) is 5.82 Å². The molecule has 0 saturated heterocycles. The molecule has 0 bridgehead atoms. The van der Waals surface area contributed by atoms with Crippen molar-refractivity contribution in [3.8, 4) is 0 Å². The summed E-state index contributed by atoms with van der Waals surface area (Å²) in [7, 11) is 0. The largest absolute Gasteiger partial charge is 0.293 e. The molecule has 0 aliphatic rings. The maximum Gasteiger partial charge on any atom is 0.178 e. The van der Waals surface area contributed by atoms with Gasteiger partial charge >= 0.3 is 0 Å². The highest BCUT2D eigenvalue weighted by Gasteiger charge is 2.04. The number of pyridine rings is 1. The Morgan fingerprint density at radius 2 is 2.36 bits per heavy atom. The molecule has 1 heterocycles. The molecule has 0 aliphatic carbocycles. The number of ketones is 1. The van der Waals surface area contributed by atoms with E-state index in [0.717, 1.165) is 12.3 Å². The molecular formula is C7H5ClFNO. The third kappa shape index (κ3) is 1.74. The second kappa shape index (κ2) is 2.96. The Kier molecular flexibility index (Phi) is 2.19. The molecule has 0 aromatic carbocycles. The highest BCUT2D eigenvalue weighted by atomic mass is 35.5. The van der Waals surface area contributed by atoms with E-state index in [-0.39, 0.29) is 16.5 Å². The van der Waals surface area contributed by atoms with Crippen molar-refractivity contribution in [1.29, 1.82) is 0 Å². The molecule has 0 atom stereocenters. The minimum Gasteiger partial charge on any atom is -0.293 e. The van der Waals surface area contributed by atoms with Crippen LogP contribution in [-0.4, -0.2) is 10.8 Å². The molecule has 1 aromatic rings. The SMILES string of the molecule is CC(=O)c1cc(F)c(Cl)cn1. The molecule has 0 unspecified atom stereocenters. The summed E-state index contributed by atoms with van der Waals surface area (Å²) in [6, 6.07) is 1.02. The van der Waals surface area contributed by atoms with Crippen molar-refractivity contribution in [1.82, 2.24) is 4.98 Å². The Hall–Kier alpha value is -0.960. The summed E-state index contributed by atoms with van der Waals surface area (Å²) in [4.78, 5) is 14.3. The number of aromatic nitrogens is 1. The van der Waals surface area contributed by atoms with Crippen LogP contribution in [0.5, 0.6) is 0 Å². The highest BCUT2D eigenvalue weighted by molar-refractivity contribution is 6.30. The lowest BCUT2D eigenvalue weighted by atomic mass is 10.3. The van der Waals surface area contributed by atoms with Gasteiger partial charge < -0.3 is 0 Å². The molecule has 58 valence electrons. The number of hydrogen-bond donors (Lipinski definition) is 0. The Morgan fingerprint density at radius 1 is 1.73 bits per heavy atom. The minimum atomic E-state index is -0.619. The van der Waals surface area contributed by atoms with Crippen LogP contribution >= 0.6 is 11.6 Å². The Labute approximate surface area is 68.0 Å². The number of rotatable bonds is 1. The first-order valence-corrected chi connectivity index (χ1v) is 3.31. The zero-order valence-electron chi connectivity index (χ0n) is 5.77. The molecule has 0 fully saturated rings. The van der Waals surface area contributed by atoms with Crippen LogP contribution in [0.15, 0.2) is 12.3 Å². The summed E-state index contributed by atoms with van der Waals surface area (Å²) in [6.07, 6.45) is 1.12. The number of carbonyl (C=O) groups is 1. The van der Waals surface area contributed by atoms with Crippen molar-refractivity contribution in [3.63, 3.8) is 0 Å². The van der Waals surface area contributed by atoms with Gasteiger partial charge in [-0.05, 0) is 0 Å². The summed E-state index contributed by atoms with van der Waals surface area (Å²) >= 11 is 5.34. The second-order valence-electron chi connectivity index (χ2n) is 2.04. The van der Waals surface area contributed by atoms with Crippen molar-refractivity contribution in [2.24, 2.45) is 0 Å². The Morgan fingerprint density at radius 3 is 2.82 bits per heavy atom. The number of halogens is 2. The molecule has 0 aliphatic heterocycles. The number of carbonyl (C=O) groups excluding carboxylic acids is 1. The Balaban J connectivity index is 3.15. The van der Waals surface area contributed by atoms with E-state index < -0.39 is 5.82 Å². The van der Waals surface area contributed by atoms with Crippen molar-refractivity contribution in [3.05, 3.63) is 28.8 Å². The molecule has 0 spiro atoms. The van der Waals surface area contributed by atoms with Gasteiger partial charge in [0.15, 0.2) is 5.78 Å². The summed E-state index contributed by atoms with van der Waals surface area (Å²) in [5.74, 6) is -0.896. The van der Waals surface area contributed by atoms with Crippen molar-refractivity contribution >= 4 is 17.4 Å². The maximum absolute atomic E-state index is 12.6. The smallest absolute Gasteiger partial charge is 0.178 e. The highest BCUT2D eigenvalue weighted by Crippen LogP contribution is 2.12. The van der Waals surface area contributed by atoms with Gasteiger partial charge in [0.05, 0.1) is 5.02 Å². The van der Waals surface area contributed by atoms with Gasteiger partial charge in [-0.2, -0.15) is 0 Å². The van der Waals surface area contributed by atoms with Crippen LogP contribution in [0.3, 0.4) is 0 Å². The summed E-state index contributed by atoms with van der Waals surface area (Å²) in [6.45, 7) is 1.32. The summed E-state index contributed by atoms with van der Waals surface area (Å²) in [5, 5.41) is -0.0741. The zero-order valence-corrected chi connectivity index (χ0v) is 6.52. The van der Waals surface area contributed by atoms with Gasteiger partial charge in [-0.15, -0.1) is 0 Å². The molecule has 2 nitrogen and oxygen atoms in total. The first kappa shape index (κ1) is 8.14. The van der Waals surface area contributed by atoms with E-state index in [1.807, 2.05) is 0 Å². The summed E-state index contributed by atoms with van der Waals surface area (Å²) < 4.78 is 12.6. The number of hydrogen-bond acceptors (Lipinski definition) is 2. The first-order chi connectivity index (χ1) is 5.11. The van der Waals surface area contributed by atoms with Crippen LogP contribution in [0.2, 0.25) is 5.02 Å². The van der Waals surface area contributed by atoms with Crippen molar-refractivity contribution < 1.29 is 9.18 Å². The van der Waals surface area contributed by atoms with Crippen LogP contribution in [0.1, 0.15) is 17.4 Å². The molecule has 4 heteroatoms. The van der Waals surface area contributed by atoms with Gasteiger partial charge in [0.1, 0.15) is 11.5 Å². The molecule has 1 aromatic heterocycles. The van der Waals surface area contributed by atoms with E-state index in [1.165, 1.54) is 6.92 Å². The van der Waals surface area contributed by atoms with E-state index >= 15 is 0 Å². The maximum atomic E-state index is 12.6. The topological polar surface area (TPSA) is 30.0 Å². The normalized spacial score (nSPS) is 9.73. The average Bonchev–Trinajstić information content (AvgIpc) is 1.94. The predicted molar refractivity (Wildman–Crippen MR) is 39.2 cm³/mol. The van der Waals surface area contributed by atoms with E-state index in [0.29, 0.717) is 0 Å². The van der Waals surface area contributed by atoms with Crippen molar-refractivity contribution in [2.75, 3.05) is 0 Å². The fourth-order valence-electron chi connectivity index (χ4n) is 0.607. The van der Waals surface area contributed by atoms with Gasteiger partial charge in [-0.1, -0.05) is 11.6 Å². The lowest BCUT2D eigenvalue weighted by Gasteiger charge is -1.95. The van der Waals surface area contributed by atoms with E-state index in [1.54, 1.807) is 0 Å². The fourth-order valence-corrected chi connectivity index (χ4v) is 0.710. The minimum absolute atomic E-state index is 0.0741. The third-order valence-corrected chi connectivity index (χ3v) is 1.45. The molecular weight excluding hydrogens is 169 g/mol. The van der Waals surface area contributed by atoms with E-state index in [9.17, 15) is 9.18 Å². The van der Waals surface area contributed by atoms with Crippen LogP contribution < -0.4 is 0 Å². The zero-order chi connectivity index (χ0) is 8.43. The standard InChI is InChI=1S/C7H5ClFNO/c1-4(11)7-2-6(9)5(8)3-10-7/h2-3H,1H3. The van der Waals surface area contributed by atoms with Gasteiger partial charge in [-0.25, -0.2) is 4.39 Å². The van der Waals surface area contributed by atoms with Crippen LogP contribution in [0.4, 0.5) is 4.39 Å². The van der Waals surface area contributed by atoms with Gasteiger partial charge in [-0.3, -0.25) is 9.78 Å². The van der Waals surface area contributed by atoms with Crippen molar-refractivity contribution in [2.45, 2.75) is 6.92 Å². The number of nitrogens with zero attached hydrogens (tertiary/aromatic N) is 1. The van der Waals surface area contributed by atoms with Crippen LogP contribution in [-0.2, 0) is 0 Å². The second-order valence-corrected chi connectivity index (χ2v) is 2.45. The average molecular weight is 174 g/mol. The fraction of sp³-hybridized carbons (Fsp3) is 0.143. The van der Waals surface area contributed by atoms with Gasteiger partial charge in [0, 0.05) is 19.2 Å². The van der Waals surface area contributed by atoms with Gasteiger partial charge in [0.25, 0.3) is 0 Å². The molecule has 0 N–H and O–H groups in total. The lowest BCUT2D eigenvalue weighted by Crippen LogP contribution is -1.96. The molecule has 0 radical (unpaired) electrons. The third-order valence-electron chi connectivity index (χ3n) is 1.17. The molecule has 1 rings (SSSR count). The van der Waals surface area contributed by atoms with Gasteiger partial charge in [0.2, 0.25) is 0 Å². The molecule has 0 amide bonds. The van der Waals surface area contributed by atoms with E-state index in [2.05, 4.69) is 4.98 Å². The van der Waals surface area contributed by atoms with Crippen LogP contribution in [0.25, 0.3) is 0 Å². The summed E-state index contributed by atoms with van der Waals surface area (Å²) in [5.41, 5.74) is 0.0897. The molecule has 11 heavy (non-hydrogen) atoms. The predicted octanol–water partition coefficient (Wildman–Crippen LogP) is 2.08. The monoisotopic (exact) mass is 173 g/mol. The van der Waals surface area contributed by atoms with E-state index in [4.69, 9.17) is 11.6 Å². The first-order valence-electron chi connectivity index (χ1n) is 2.93. The lowest BCUT2D eigenvalue weighted by molar-refractivity contribution is 0.101. The number of Topliss-reactive ketones (excluding diaryl/α,β-unsaturated/α-hetero) is 1. The quantitative estimate of drug-likeness (QED) is 0.609. The molecule has 0 saturated carbocycles.